The van der Waals surface area contributed by atoms with Crippen LogP contribution in [-0.4, -0.2) is 11.8 Å². The second-order valence-electron chi connectivity index (χ2n) is 4.92. The van der Waals surface area contributed by atoms with E-state index in [2.05, 4.69) is 36.2 Å². The highest BCUT2D eigenvalue weighted by atomic mass is 79.9. The molecule has 1 aliphatic rings. The van der Waals surface area contributed by atoms with Gasteiger partial charge >= 0.3 is 0 Å². The Kier molecular flexibility index (Phi) is 8.51. The van der Waals surface area contributed by atoms with Crippen LogP contribution in [0.1, 0.15) is 37.7 Å². The van der Waals surface area contributed by atoms with E-state index in [0.29, 0.717) is 0 Å². The van der Waals surface area contributed by atoms with Gasteiger partial charge in [0.2, 0.25) is 0 Å². The van der Waals surface area contributed by atoms with Crippen molar-refractivity contribution in [2.24, 2.45) is 0 Å². The minimum Gasteiger partial charge on any atom is -0.310 e. The third-order valence-electron chi connectivity index (χ3n) is 3.52. The molecule has 0 aliphatic heterocycles. The summed E-state index contributed by atoms with van der Waals surface area (Å²) in [5, 5.41) is 3.72. The van der Waals surface area contributed by atoms with E-state index in [1.165, 1.54) is 42.6 Å². The summed E-state index contributed by atoms with van der Waals surface area (Å²) in [6.45, 7) is 4.79. The maximum Gasteiger partial charge on any atom is 0.0219 e. The van der Waals surface area contributed by atoms with Crippen LogP contribution in [0.2, 0.25) is 0 Å². The molecule has 106 valence electrons. The minimum absolute atomic E-state index is 0. The minimum atomic E-state index is 0. The Hall–Kier alpha value is -0.250. The highest BCUT2D eigenvalue weighted by Gasteiger charge is 2.12. The summed E-state index contributed by atoms with van der Waals surface area (Å²) in [7, 11) is 0. The van der Waals surface area contributed by atoms with E-state index in [0.717, 1.165) is 18.3 Å². The van der Waals surface area contributed by atoms with Crippen molar-refractivity contribution in [3.8, 4) is 0 Å². The second kappa shape index (κ2) is 9.62. The number of halogens is 1. The molecule has 0 radical (unpaired) electrons. The molecular formula is C16H24BrNS. The molecule has 3 heteroatoms. The van der Waals surface area contributed by atoms with Crippen molar-refractivity contribution in [2.75, 3.05) is 5.75 Å². The monoisotopic (exact) mass is 341 g/mol. The molecule has 0 heterocycles. The average Bonchev–Trinajstić information content (AvgIpc) is 2.45. The molecule has 1 aromatic carbocycles. The van der Waals surface area contributed by atoms with Crippen molar-refractivity contribution < 1.29 is 0 Å². The maximum atomic E-state index is 3.79. The van der Waals surface area contributed by atoms with Gasteiger partial charge in [0.05, 0.1) is 0 Å². The van der Waals surface area contributed by atoms with Crippen LogP contribution in [0.4, 0.5) is 0 Å². The van der Waals surface area contributed by atoms with E-state index in [-0.39, 0.29) is 17.0 Å². The first-order chi connectivity index (χ1) is 8.90. The molecule has 0 amide bonds. The summed E-state index contributed by atoms with van der Waals surface area (Å²) in [6.07, 6.45) is 8.87. The summed E-state index contributed by atoms with van der Waals surface area (Å²) >= 11 is 1.88. The van der Waals surface area contributed by atoms with Crippen LogP contribution in [0, 0.1) is 0 Å². The van der Waals surface area contributed by atoms with Gasteiger partial charge in [-0.2, -0.15) is 0 Å². The zero-order chi connectivity index (χ0) is 12.6. The van der Waals surface area contributed by atoms with Crippen molar-refractivity contribution in [2.45, 2.75) is 49.6 Å². The third kappa shape index (κ3) is 5.72. The van der Waals surface area contributed by atoms with Crippen LogP contribution in [0.15, 0.2) is 41.8 Å². The van der Waals surface area contributed by atoms with Crippen LogP contribution < -0.4 is 5.32 Å². The largest absolute Gasteiger partial charge is 0.310 e. The molecule has 1 saturated carbocycles. The van der Waals surface area contributed by atoms with E-state index in [1.807, 2.05) is 17.8 Å². The van der Waals surface area contributed by atoms with Crippen LogP contribution in [0.25, 0.3) is 0 Å². The molecule has 2 rings (SSSR count). The summed E-state index contributed by atoms with van der Waals surface area (Å²) in [5.41, 5.74) is 1.43. The van der Waals surface area contributed by atoms with Crippen molar-refractivity contribution in [3.05, 3.63) is 42.5 Å². The van der Waals surface area contributed by atoms with E-state index < -0.39 is 0 Å². The smallest absolute Gasteiger partial charge is 0.0219 e. The fraction of sp³-hybridized carbons (Fsp3) is 0.500. The number of rotatable bonds is 6. The summed E-state index contributed by atoms with van der Waals surface area (Å²) in [4.78, 5) is 1.39. The van der Waals surface area contributed by atoms with Gasteiger partial charge in [-0.05, 0) is 24.5 Å². The van der Waals surface area contributed by atoms with Crippen molar-refractivity contribution in [1.82, 2.24) is 5.32 Å². The topological polar surface area (TPSA) is 12.0 Å². The Bertz CT molecular complexity index is 375. The first kappa shape index (κ1) is 16.8. The first-order valence-electron chi connectivity index (χ1n) is 6.95. The van der Waals surface area contributed by atoms with Crippen LogP contribution in [0.5, 0.6) is 0 Å². The van der Waals surface area contributed by atoms with Crippen molar-refractivity contribution in [3.63, 3.8) is 0 Å². The van der Waals surface area contributed by atoms with Gasteiger partial charge in [0, 0.05) is 23.2 Å². The quantitative estimate of drug-likeness (QED) is 0.579. The predicted octanol–water partition coefficient (Wildman–Crippen LogP) is 4.96. The number of thioether (sulfide) groups is 1. The number of nitrogens with one attached hydrogen (secondary N) is 1. The Morgan fingerprint density at radius 2 is 1.95 bits per heavy atom. The molecule has 1 aliphatic carbocycles. The van der Waals surface area contributed by atoms with Gasteiger partial charge in [-0.1, -0.05) is 43.5 Å². The van der Waals surface area contributed by atoms with Gasteiger partial charge in [-0.25, -0.2) is 0 Å². The lowest BCUT2D eigenvalue weighted by molar-refractivity contribution is 0.371. The highest BCUT2D eigenvalue weighted by molar-refractivity contribution is 8.93. The van der Waals surface area contributed by atoms with E-state index in [1.54, 1.807) is 0 Å². The molecular weight excluding hydrogens is 318 g/mol. The van der Waals surface area contributed by atoms with Gasteiger partial charge in [0.15, 0.2) is 0 Å². The standard InChI is InChI=1S/C16H23NS.BrH/c1-2-12-18-16-11-7-6-8-14(16)13-17-15-9-4-3-5-10-15;/h2,6-8,11,15,17H,1,3-5,9-10,12-13H2;1H. The van der Waals surface area contributed by atoms with Gasteiger partial charge in [-0.3, -0.25) is 0 Å². The first-order valence-corrected chi connectivity index (χ1v) is 7.93. The molecule has 1 aromatic rings. The number of hydrogen-bond donors (Lipinski definition) is 1. The van der Waals surface area contributed by atoms with E-state index in [4.69, 9.17) is 0 Å². The molecule has 19 heavy (non-hydrogen) atoms. The highest BCUT2D eigenvalue weighted by Crippen LogP contribution is 2.23. The summed E-state index contributed by atoms with van der Waals surface area (Å²) < 4.78 is 0. The molecule has 0 saturated heterocycles. The van der Waals surface area contributed by atoms with Crippen LogP contribution >= 0.6 is 28.7 Å². The van der Waals surface area contributed by atoms with Gasteiger partial charge in [0.1, 0.15) is 0 Å². The molecule has 1 nitrogen and oxygen atoms in total. The van der Waals surface area contributed by atoms with Crippen molar-refractivity contribution in [1.29, 1.82) is 0 Å². The Labute approximate surface area is 132 Å². The van der Waals surface area contributed by atoms with Gasteiger partial charge < -0.3 is 5.32 Å². The fourth-order valence-corrected chi connectivity index (χ4v) is 3.30. The molecule has 0 atom stereocenters. The normalized spacial score (nSPS) is 15.8. The summed E-state index contributed by atoms with van der Waals surface area (Å²) in [6, 6.07) is 9.44. The van der Waals surface area contributed by atoms with E-state index in [9.17, 15) is 0 Å². The predicted molar refractivity (Wildman–Crippen MR) is 91.4 cm³/mol. The van der Waals surface area contributed by atoms with Gasteiger partial charge in [-0.15, -0.1) is 35.3 Å². The summed E-state index contributed by atoms with van der Waals surface area (Å²) in [5.74, 6) is 0.987. The average molecular weight is 342 g/mol. The third-order valence-corrected chi connectivity index (χ3v) is 4.63. The number of benzene rings is 1. The lowest BCUT2D eigenvalue weighted by Crippen LogP contribution is -2.30. The molecule has 0 bridgehead atoms. The van der Waals surface area contributed by atoms with Gasteiger partial charge in [0.25, 0.3) is 0 Å². The Balaban J connectivity index is 0.00000180. The Morgan fingerprint density at radius 1 is 1.21 bits per heavy atom. The van der Waals surface area contributed by atoms with Crippen molar-refractivity contribution >= 4 is 28.7 Å². The SMILES string of the molecule is Br.C=CCSc1ccccc1CNC1CCCCC1. The van der Waals surface area contributed by atoms with Crippen LogP contribution in [0.3, 0.4) is 0 Å². The Morgan fingerprint density at radius 3 is 2.68 bits per heavy atom. The van der Waals surface area contributed by atoms with E-state index >= 15 is 0 Å². The van der Waals surface area contributed by atoms with Crippen LogP contribution in [-0.2, 0) is 6.54 Å². The fourth-order valence-electron chi connectivity index (χ4n) is 2.50. The second-order valence-corrected chi connectivity index (χ2v) is 5.99. The molecule has 0 spiro atoms. The lowest BCUT2D eigenvalue weighted by Gasteiger charge is -2.23. The molecule has 1 N–H and O–H groups in total. The molecule has 0 aromatic heterocycles. The molecule has 0 unspecified atom stereocenters. The zero-order valence-corrected chi connectivity index (χ0v) is 14.0. The molecule has 1 fully saturated rings. The zero-order valence-electron chi connectivity index (χ0n) is 11.4. The number of hydrogen-bond acceptors (Lipinski definition) is 2. The lowest BCUT2D eigenvalue weighted by atomic mass is 9.95. The maximum absolute atomic E-state index is 3.79.